The topological polar surface area (TPSA) is 120 Å². The van der Waals surface area contributed by atoms with Crippen LogP contribution < -0.4 is 4.86 Å². The molecule has 0 aliphatic carbocycles. The number of fused-ring (bicyclic) bond motifs is 1. The first-order chi connectivity index (χ1) is 8.32. The summed E-state index contributed by atoms with van der Waals surface area (Å²) in [6.45, 7) is -0.590. The molecule has 0 aromatic rings. The maximum absolute atomic E-state index is 13.1. The molecule has 0 aromatic heterocycles. The quantitative estimate of drug-likeness (QED) is 0.460. The number of nitro groups is 2. The first kappa shape index (κ1) is 13.6. The number of nitrogens with one attached hydrogen (secondary N) is 1. The van der Waals surface area contributed by atoms with Crippen LogP contribution in [0.25, 0.3) is 0 Å². The Morgan fingerprint density at radius 1 is 1.33 bits per heavy atom. The third-order valence-corrected chi connectivity index (χ3v) is 7.64. The first-order valence-electron chi connectivity index (χ1n) is 4.34. The average molecular weight is 323 g/mol. The molecule has 1 N–H and O–H groups in total. The van der Waals surface area contributed by atoms with Crippen molar-refractivity contribution < 1.29 is 18.5 Å². The summed E-state index contributed by atoms with van der Waals surface area (Å²) in [7, 11) is -7.75. The van der Waals surface area contributed by atoms with Gasteiger partial charge in [-0.2, -0.15) is 0 Å². The van der Waals surface area contributed by atoms with E-state index in [2.05, 4.69) is 4.52 Å². The minimum atomic E-state index is -5.10. The van der Waals surface area contributed by atoms with E-state index in [4.69, 9.17) is 0 Å². The molecule has 0 radical (unpaired) electrons. The van der Waals surface area contributed by atoms with Gasteiger partial charge in [0, 0.05) is 0 Å². The summed E-state index contributed by atoms with van der Waals surface area (Å²) in [4.78, 5) is 23.2. The zero-order valence-electron chi connectivity index (χ0n) is 8.38. The summed E-state index contributed by atoms with van der Waals surface area (Å²) < 4.78 is 30.7. The summed E-state index contributed by atoms with van der Waals surface area (Å²) >= 11 is 0. The molecule has 11 nitrogen and oxygen atoms in total. The van der Waals surface area contributed by atoms with Gasteiger partial charge < -0.3 is 0 Å². The van der Waals surface area contributed by atoms with Gasteiger partial charge in [-0.3, -0.25) is 0 Å². The normalized spacial score (nSPS) is 29.6. The van der Waals surface area contributed by atoms with Gasteiger partial charge in [0.15, 0.2) is 0 Å². The molecule has 2 aliphatic heterocycles. The van der Waals surface area contributed by atoms with Crippen LogP contribution >= 0.6 is 25.1 Å². The molecule has 16 heteroatoms. The number of hydrazine groups is 3. The predicted molar refractivity (Wildman–Crippen MR) is 59.2 cm³/mol. The zero-order chi connectivity index (χ0) is 13.5. The van der Waals surface area contributed by atoms with Crippen molar-refractivity contribution in [3.63, 3.8) is 0 Å². The Kier molecular flexibility index (Phi) is 3.52. The Balaban J connectivity index is 2.32. The molecule has 0 bridgehead atoms. The van der Waals surface area contributed by atoms with Crippen LogP contribution in [0, 0.1) is 20.2 Å². The van der Waals surface area contributed by atoms with E-state index in [1.165, 1.54) is 0 Å². The second kappa shape index (κ2) is 4.67. The molecule has 0 spiro atoms. The average Bonchev–Trinajstić information content (AvgIpc) is 2.25. The molecule has 2 heterocycles. The van der Waals surface area contributed by atoms with E-state index in [-0.39, 0.29) is 21.6 Å². The molecule has 1 atom stereocenters. The Labute approximate surface area is 101 Å². The molecule has 2 rings (SSSR count). The number of hydrogen-bond donors (Lipinski definition) is 1. The molecular formula is C2H6F2N7O4P3. The Hall–Kier alpha value is -0.860. The molecule has 1 saturated heterocycles. The Bertz CT molecular complexity index is 421. The number of rotatable bonds is 2. The van der Waals surface area contributed by atoms with Gasteiger partial charge in [0.05, 0.1) is 0 Å². The van der Waals surface area contributed by atoms with Crippen molar-refractivity contribution in [2.45, 2.75) is 0 Å². The summed E-state index contributed by atoms with van der Waals surface area (Å²) in [6, 6.07) is 0. The van der Waals surface area contributed by atoms with Crippen molar-refractivity contribution in [3.8, 4) is 0 Å². The van der Waals surface area contributed by atoms with Crippen molar-refractivity contribution in [2.24, 2.45) is 4.52 Å². The van der Waals surface area contributed by atoms with Crippen LogP contribution in [0.1, 0.15) is 0 Å². The van der Waals surface area contributed by atoms with Crippen molar-refractivity contribution in [1.29, 1.82) is 0 Å². The fraction of sp³-hybridized carbons (Fsp3) is 1.00. The monoisotopic (exact) mass is 323 g/mol. The van der Waals surface area contributed by atoms with Crippen molar-refractivity contribution in [3.05, 3.63) is 20.2 Å². The van der Waals surface area contributed by atoms with Gasteiger partial charge in [0.25, 0.3) is 0 Å². The molecule has 1 unspecified atom stereocenters. The van der Waals surface area contributed by atoms with Crippen LogP contribution in [0.4, 0.5) is 8.39 Å². The number of halogens is 2. The summed E-state index contributed by atoms with van der Waals surface area (Å²) in [5, 5.41) is 20.4. The van der Waals surface area contributed by atoms with Crippen LogP contribution in [0.15, 0.2) is 4.52 Å². The van der Waals surface area contributed by atoms with Crippen LogP contribution in [-0.2, 0) is 0 Å². The Morgan fingerprint density at radius 2 is 2.00 bits per heavy atom. The second-order valence-electron chi connectivity index (χ2n) is 3.07. The van der Waals surface area contributed by atoms with E-state index in [9.17, 15) is 28.6 Å². The van der Waals surface area contributed by atoms with E-state index in [0.29, 0.717) is 9.90 Å². The van der Waals surface area contributed by atoms with Crippen LogP contribution in [0.3, 0.4) is 0 Å². The number of hydrogen-bond acceptors (Lipinski definition) is 7. The third-order valence-electron chi connectivity index (χ3n) is 1.96. The summed E-state index contributed by atoms with van der Waals surface area (Å²) in [6.07, 6.45) is 0. The maximum atomic E-state index is 13.1. The van der Waals surface area contributed by atoms with Gasteiger partial charge in [0.1, 0.15) is 0 Å². The molecule has 102 valence electrons. The first-order valence-corrected chi connectivity index (χ1v) is 8.09. The molecule has 0 aromatic carbocycles. The predicted octanol–water partition coefficient (Wildman–Crippen LogP) is 1.43. The van der Waals surface area contributed by atoms with Gasteiger partial charge >= 0.3 is 101 Å². The van der Waals surface area contributed by atoms with Crippen molar-refractivity contribution in [1.82, 2.24) is 19.3 Å². The van der Waals surface area contributed by atoms with Gasteiger partial charge in [0.2, 0.25) is 0 Å². The van der Waals surface area contributed by atoms with Gasteiger partial charge in [-0.1, -0.05) is 0 Å². The zero-order valence-corrected chi connectivity index (χ0v) is 11.2. The molecule has 1 fully saturated rings. The Morgan fingerprint density at radius 3 is 2.56 bits per heavy atom. The standard InChI is InChI=1S/C2H6F2N7O4P3/c3-18(4)5-16-11-7(9(12)13)1-2-8(10(14)15)17(11)6-18/h6,18H,1-2H2. The van der Waals surface area contributed by atoms with Crippen molar-refractivity contribution >= 4 is 25.1 Å². The van der Waals surface area contributed by atoms with Gasteiger partial charge in [-0.25, -0.2) is 0 Å². The molecule has 18 heavy (non-hydrogen) atoms. The van der Waals surface area contributed by atoms with E-state index in [1.807, 2.05) is 0 Å². The minimum absolute atomic E-state index is 0.274. The van der Waals surface area contributed by atoms with Crippen LogP contribution in [0.5, 0.6) is 0 Å². The fourth-order valence-electron chi connectivity index (χ4n) is 1.28. The van der Waals surface area contributed by atoms with E-state index in [0.717, 1.165) is 4.55 Å². The van der Waals surface area contributed by atoms with E-state index < -0.39 is 26.6 Å². The van der Waals surface area contributed by atoms with Crippen molar-refractivity contribution in [2.75, 3.05) is 13.1 Å². The fourth-order valence-corrected chi connectivity index (χ4v) is 6.95. The SMILES string of the molecule is O=[N+]([O-])N1CCN([N+](=O)[O-])P2N[PH](F)(F)N=PN12. The van der Waals surface area contributed by atoms with Gasteiger partial charge in [-0.05, 0) is 0 Å². The summed E-state index contributed by atoms with van der Waals surface area (Å²) in [5.41, 5.74) is 0. The molecule has 2 aliphatic rings. The molecular weight excluding hydrogens is 317 g/mol. The van der Waals surface area contributed by atoms with Crippen LogP contribution in [-0.4, -0.2) is 37.6 Å². The number of nitrogens with zero attached hydrogens (tertiary/aromatic N) is 6. The van der Waals surface area contributed by atoms with E-state index in [1.54, 1.807) is 4.86 Å². The third kappa shape index (κ3) is 2.45. The van der Waals surface area contributed by atoms with E-state index >= 15 is 0 Å². The van der Waals surface area contributed by atoms with Crippen LogP contribution in [0.2, 0.25) is 0 Å². The molecule has 0 saturated carbocycles. The molecule has 0 amide bonds. The summed E-state index contributed by atoms with van der Waals surface area (Å²) in [5.74, 6) is 0. The van der Waals surface area contributed by atoms with Gasteiger partial charge in [-0.15, -0.1) is 0 Å². The second-order valence-corrected chi connectivity index (χ2v) is 8.14.